The van der Waals surface area contributed by atoms with E-state index in [1.165, 1.54) is 6.66 Å². The summed E-state index contributed by atoms with van der Waals surface area (Å²) in [6.45, 7) is 1.99. The highest BCUT2D eigenvalue weighted by atomic mass is 35.9. The van der Waals surface area contributed by atoms with Crippen molar-refractivity contribution in [2.75, 3.05) is 18.5 Å². The number of aliphatic hydroxyl groups is 1. The van der Waals surface area contributed by atoms with Gasteiger partial charge < -0.3 is 18.7 Å². The molecular weight excluding hydrogens is 766 g/mol. The van der Waals surface area contributed by atoms with Gasteiger partial charge in [0.1, 0.15) is 11.8 Å². The second-order valence-electron chi connectivity index (χ2n) is 9.97. The molecule has 1 unspecified atom stereocenters. The highest BCUT2D eigenvalue weighted by Gasteiger charge is 2.35. The molecule has 0 fully saturated rings. The summed E-state index contributed by atoms with van der Waals surface area (Å²) in [6.07, 6.45) is 0. The zero-order chi connectivity index (χ0) is 34.8. The lowest BCUT2D eigenvalue weighted by molar-refractivity contribution is 0.193. The van der Waals surface area contributed by atoms with E-state index in [1.807, 2.05) is 121 Å². The Hall–Kier alpha value is -1.20. The van der Waals surface area contributed by atoms with E-state index in [1.54, 1.807) is 0 Å². The number of rotatable bonds is 14. The molecule has 0 aliphatic carbocycles. The first-order valence-corrected chi connectivity index (χ1v) is 25.3. The van der Waals surface area contributed by atoms with Gasteiger partial charge in [-0.25, -0.2) is 0 Å². The fourth-order valence-electron chi connectivity index (χ4n) is 3.53. The van der Waals surface area contributed by atoms with Crippen molar-refractivity contribution in [2.45, 2.75) is 26.4 Å². The smallest absolute Gasteiger partial charge is 0.340 e. The molecule has 0 spiro atoms. The van der Waals surface area contributed by atoms with Gasteiger partial charge in [0.15, 0.2) is 0 Å². The normalized spacial score (nSPS) is 12.9. The molecule has 1 N–H and O–H groups in total. The molecule has 0 heterocycles. The Kier molecular flexibility index (Phi) is 18.9. The standard InChI is InChI=1S/C23H26O5P2.C7H8O.CH2Cl4O2P2/c1-29(24,26-17-21-11-5-2-6-12-21)20-30(25,27-18-22-13-7-3-8-14-22)28-19-23-15-9-4-10-16-23;8-6-7-4-2-1-3-5-7;2-8(3,6)1-9(4,5)7/h2-16H,17-20H2,1H3;1-5,8H,6H2;1H2. The minimum Gasteiger partial charge on any atom is -0.392 e. The van der Waals surface area contributed by atoms with Gasteiger partial charge in [-0.05, 0) is 67.2 Å². The summed E-state index contributed by atoms with van der Waals surface area (Å²) in [5.41, 5.74) is 3.58. The van der Waals surface area contributed by atoms with Crippen LogP contribution in [0.2, 0.25) is 0 Å². The third-order valence-electron chi connectivity index (χ3n) is 5.67. The quantitative estimate of drug-likeness (QED) is 0.125. The van der Waals surface area contributed by atoms with E-state index >= 15 is 0 Å². The van der Waals surface area contributed by atoms with Crippen LogP contribution >= 0.6 is 71.6 Å². The zero-order valence-corrected chi connectivity index (χ0v) is 32.0. The lowest BCUT2D eigenvalue weighted by Crippen LogP contribution is -2.04. The van der Waals surface area contributed by atoms with Crippen molar-refractivity contribution in [3.63, 3.8) is 0 Å². The van der Waals surface area contributed by atoms with Crippen molar-refractivity contribution in [1.82, 2.24) is 0 Å². The summed E-state index contributed by atoms with van der Waals surface area (Å²) in [5.74, 6) is -7.56. The number of hydrogen-bond acceptors (Lipinski definition) is 8. The molecule has 47 heavy (non-hydrogen) atoms. The average molecular weight is 802 g/mol. The Morgan fingerprint density at radius 2 is 0.787 bits per heavy atom. The number of aliphatic hydroxyl groups excluding tert-OH is 1. The molecule has 0 aliphatic heterocycles. The van der Waals surface area contributed by atoms with Crippen LogP contribution in [0.1, 0.15) is 22.3 Å². The zero-order valence-electron chi connectivity index (χ0n) is 25.4. The summed E-state index contributed by atoms with van der Waals surface area (Å²) >= 11 is 20.0. The number of hydrogen-bond donors (Lipinski definition) is 1. The Bertz CT molecular complexity index is 1570. The van der Waals surface area contributed by atoms with Crippen molar-refractivity contribution < 1.29 is 36.9 Å². The van der Waals surface area contributed by atoms with E-state index < -0.39 is 32.6 Å². The molecule has 16 heteroatoms. The molecule has 0 radical (unpaired) electrons. The second kappa shape index (κ2) is 21.1. The fourth-order valence-corrected chi connectivity index (χ4v) is 17.1. The van der Waals surface area contributed by atoms with Crippen LogP contribution in [0.5, 0.6) is 0 Å². The van der Waals surface area contributed by atoms with Crippen LogP contribution in [0.3, 0.4) is 0 Å². The van der Waals surface area contributed by atoms with Gasteiger partial charge in [0.05, 0.1) is 26.4 Å². The van der Waals surface area contributed by atoms with Gasteiger partial charge >= 0.3 is 7.60 Å². The molecule has 4 aromatic carbocycles. The summed E-state index contributed by atoms with van der Waals surface area (Å²) < 4.78 is 64.5. The Labute approximate surface area is 295 Å². The minimum atomic E-state index is -3.68. The van der Waals surface area contributed by atoms with Crippen LogP contribution in [0.15, 0.2) is 121 Å². The summed E-state index contributed by atoms with van der Waals surface area (Å²) in [4.78, 5) is 0. The maximum atomic E-state index is 13.5. The van der Waals surface area contributed by atoms with Crippen molar-refractivity contribution in [1.29, 1.82) is 0 Å². The molecule has 0 aliphatic rings. The first-order chi connectivity index (χ1) is 22.1. The minimum absolute atomic E-state index is 0.103. The van der Waals surface area contributed by atoms with E-state index in [-0.39, 0.29) is 32.3 Å². The molecule has 0 amide bonds. The maximum Gasteiger partial charge on any atom is 0.340 e. The van der Waals surface area contributed by atoms with Gasteiger partial charge in [-0.2, -0.15) is 0 Å². The van der Waals surface area contributed by atoms with Gasteiger partial charge in [-0.15, -0.1) is 0 Å². The van der Waals surface area contributed by atoms with E-state index in [4.69, 9.17) is 63.6 Å². The van der Waals surface area contributed by atoms with Crippen molar-refractivity contribution in [3.8, 4) is 0 Å². The summed E-state index contributed by atoms with van der Waals surface area (Å²) in [6, 6.07) is 37.8. The van der Waals surface area contributed by atoms with Crippen molar-refractivity contribution >= 4 is 71.6 Å². The number of halogens is 4. The monoisotopic (exact) mass is 800 g/mol. The molecule has 0 saturated carbocycles. The molecule has 8 nitrogen and oxygen atoms in total. The first kappa shape index (κ1) is 42.0. The first-order valence-electron chi connectivity index (χ1n) is 13.9. The largest absolute Gasteiger partial charge is 0.392 e. The third kappa shape index (κ3) is 20.8. The van der Waals surface area contributed by atoms with Crippen LogP contribution in [-0.4, -0.2) is 23.6 Å². The van der Waals surface area contributed by atoms with Crippen LogP contribution < -0.4 is 0 Å². The SMILES string of the molecule is CP(=O)(CP(=O)(OCc1ccccc1)OCc1ccccc1)OCc1ccccc1.O=P(Cl)(Cl)CP(=O)(Cl)Cl.OCc1ccccc1. The molecule has 0 bridgehead atoms. The van der Waals surface area contributed by atoms with Gasteiger partial charge in [0.25, 0.3) is 11.7 Å². The van der Waals surface area contributed by atoms with Crippen molar-refractivity contribution in [2.24, 2.45) is 0 Å². The molecule has 4 aromatic rings. The Morgan fingerprint density at radius 1 is 0.489 bits per heavy atom. The van der Waals surface area contributed by atoms with Gasteiger partial charge in [0.2, 0.25) is 7.37 Å². The predicted molar refractivity (Wildman–Crippen MR) is 196 cm³/mol. The molecule has 4 rings (SSSR count). The topological polar surface area (TPSA) is 116 Å². The van der Waals surface area contributed by atoms with E-state index in [0.29, 0.717) is 0 Å². The molecular formula is C31H36Cl4O8P4. The lowest BCUT2D eigenvalue weighted by Gasteiger charge is -2.22. The van der Waals surface area contributed by atoms with Gasteiger partial charge in [0, 0.05) is 6.66 Å². The van der Waals surface area contributed by atoms with Gasteiger partial charge in [-0.1, -0.05) is 121 Å². The summed E-state index contributed by atoms with van der Waals surface area (Å²) in [5, 5.41) is 8.54. The Morgan fingerprint density at radius 3 is 1.04 bits per heavy atom. The van der Waals surface area contributed by atoms with E-state index in [2.05, 4.69) is 0 Å². The van der Waals surface area contributed by atoms with Crippen LogP contribution in [0, 0.1) is 0 Å². The lowest BCUT2D eigenvalue weighted by atomic mass is 10.2. The fraction of sp³-hybridized carbons (Fsp3) is 0.226. The number of benzene rings is 4. The van der Waals surface area contributed by atoms with Gasteiger partial charge in [-0.3, -0.25) is 18.3 Å². The van der Waals surface area contributed by atoms with E-state index in [0.717, 1.165) is 22.3 Å². The highest BCUT2D eigenvalue weighted by molar-refractivity contribution is 8.21. The van der Waals surface area contributed by atoms with Crippen molar-refractivity contribution in [3.05, 3.63) is 144 Å². The predicted octanol–water partition coefficient (Wildman–Crippen LogP) is 12.2. The average Bonchev–Trinajstić information content (AvgIpc) is 3.03. The third-order valence-corrected chi connectivity index (χ3v) is 17.3. The molecule has 1 atom stereocenters. The van der Waals surface area contributed by atoms with Crippen LogP contribution in [0.4, 0.5) is 0 Å². The molecule has 0 saturated heterocycles. The van der Waals surface area contributed by atoms with Crippen LogP contribution in [0.25, 0.3) is 0 Å². The van der Waals surface area contributed by atoms with Crippen LogP contribution in [-0.2, 0) is 58.3 Å². The molecule has 256 valence electrons. The molecule has 0 aromatic heterocycles. The maximum absolute atomic E-state index is 13.5. The summed E-state index contributed by atoms with van der Waals surface area (Å²) in [7, 11) is -6.92. The second-order valence-corrected chi connectivity index (χ2v) is 26.1. The van der Waals surface area contributed by atoms with E-state index in [9.17, 15) is 18.3 Å². The highest BCUT2D eigenvalue weighted by Crippen LogP contribution is 2.72. The Balaban J connectivity index is 0.000000368.